The van der Waals surface area contributed by atoms with Gasteiger partial charge in [-0.05, 0) is 27.7 Å². The number of carbonyl (C=O) groups is 1. The molecule has 0 saturated carbocycles. The van der Waals surface area contributed by atoms with Crippen LogP contribution in [0.1, 0.15) is 27.7 Å². The lowest BCUT2D eigenvalue weighted by molar-refractivity contribution is 0.0252. The van der Waals surface area contributed by atoms with Gasteiger partial charge in [0.25, 0.3) is 0 Å². The van der Waals surface area contributed by atoms with Crippen molar-refractivity contribution in [3.8, 4) is 0 Å². The summed E-state index contributed by atoms with van der Waals surface area (Å²) in [5.74, 6) is 0. The topological polar surface area (TPSA) is 29.5 Å². The van der Waals surface area contributed by atoms with Crippen molar-refractivity contribution in [2.45, 2.75) is 39.3 Å². The second-order valence-corrected chi connectivity index (χ2v) is 5.31. The van der Waals surface area contributed by atoms with E-state index in [1.54, 1.807) is 4.90 Å². The van der Waals surface area contributed by atoms with Gasteiger partial charge in [0.2, 0.25) is 0 Å². The number of hydrogen-bond donors (Lipinski definition) is 0. The van der Waals surface area contributed by atoms with Crippen molar-refractivity contribution in [3.05, 3.63) is 10.6 Å². The lowest BCUT2D eigenvalue weighted by atomic mass is 10.2. The summed E-state index contributed by atoms with van der Waals surface area (Å²) in [7, 11) is 0. The van der Waals surface area contributed by atoms with E-state index >= 15 is 0 Å². The highest BCUT2D eigenvalue weighted by atomic mass is 79.9. The summed E-state index contributed by atoms with van der Waals surface area (Å²) in [5, 5.41) is 0. The predicted octanol–water partition coefficient (Wildman–Crippen LogP) is 2.90. The molecule has 1 aliphatic heterocycles. The number of nitrogens with zero attached hydrogens (tertiary/aromatic N) is 1. The average molecular weight is 262 g/mol. The second-order valence-electron chi connectivity index (χ2n) is 4.40. The third kappa shape index (κ3) is 2.74. The Labute approximate surface area is 93.2 Å². The normalized spacial score (nSPS) is 22.2. The standard InChI is InChI=1S/C10H16BrNO2/c1-7-8(11)5-6-12(7)9(13)14-10(2,3)4/h5,7H,6H2,1-4H3. The minimum atomic E-state index is -0.425. The van der Waals surface area contributed by atoms with Gasteiger partial charge >= 0.3 is 6.09 Å². The van der Waals surface area contributed by atoms with E-state index in [1.165, 1.54) is 0 Å². The molecule has 1 atom stereocenters. The van der Waals surface area contributed by atoms with Crippen molar-refractivity contribution in [2.24, 2.45) is 0 Å². The molecule has 1 amide bonds. The maximum Gasteiger partial charge on any atom is 0.411 e. The maximum absolute atomic E-state index is 11.7. The summed E-state index contributed by atoms with van der Waals surface area (Å²) in [6.45, 7) is 8.20. The van der Waals surface area contributed by atoms with Gasteiger partial charge in [0.15, 0.2) is 0 Å². The van der Waals surface area contributed by atoms with Gasteiger partial charge < -0.3 is 4.74 Å². The summed E-state index contributed by atoms with van der Waals surface area (Å²) < 4.78 is 6.32. The van der Waals surface area contributed by atoms with Crippen LogP contribution in [0.2, 0.25) is 0 Å². The molecular formula is C10H16BrNO2. The van der Waals surface area contributed by atoms with Gasteiger partial charge in [0, 0.05) is 11.0 Å². The fraction of sp³-hybridized carbons (Fsp3) is 0.700. The monoisotopic (exact) mass is 261 g/mol. The molecule has 4 heteroatoms. The number of hydrogen-bond acceptors (Lipinski definition) is 2. The zero-order valence-corrected chi connectivity index (χ0v) is 10.6. The predicted molar refractivity (Wildman–Crippen MR) is 59.4 cm³/mol. The molecule has 0 N–H and O–H groups in total. The van der Waals surface area contributed by atoms with E-state index in [9.17, 15) is 4.79 Å². The molecule has 3 nitrogen and oxygen atoms in total. The van der Waals surface area contributed by atoms with Crippen LogP contribution in [0.4, 0.5) is 4.79 Å². The lowest BCUT2D eigenvalue weighted by Gasteiger charge is -2.27. The first-order valence-electron chi connectivity index (χ1n) is 4.66. The van der Waals surface area contributed by atoms with E-state index in [0.29, 0.717) is 6.54 Å². The van der Waals surface area contributed by atoms with E-state index in [-0.39, 0.29) is 12.1 Å². The van der Waals surface area contributed by atoms with Crippen LogP contribution in [0.3, 0.4) is 0 Å². The molecule has 0 radical (unpaired) electrons. The number of carbonyl (C=O) groups excluding carboxylic acids is 1. The van der Waals surface area contributed by atoms with Crippen molar-refractivity contribution in [1.29, 1.82) is 0 Å². The fourth-order valence-corrected chi connectivity index (χ4v) is 1.61. The van der Waals surface area contributed by atoms with Crippen molar-refractivity contribution in [3.63, 3.8) is 0 Å². The van der Waals surface area contributed by atoms with Crippen LogP contribution in [-0.4, -0.2) is 29.2 Å². The summed E-state index contributed by atoms with van der Waals surface area (Å²) in [6, 6.07) is 0.0878. The smallest absolute Gasteiger partial charge is 0.411 e. The molecule has 0 spiro atoms. The molecular weight excluding hydrogens is 246 g/mol. The third-order valence-corrected chi connectivity index (χ3v) is 2.96. The number of amides is 1. The zero-order valence-electron chi connectivity index (χ0n) is 9.00. The highest BCUT2D eigenvalue weighted by Crippen LogP contribution is 2.24. The molecule has 0 aliphatic carbocycles. The van der Waals surface area contributed by atoms with Crippen LogP contribution in [0, 0.1) is 0 Å². The first kappa shape index (κ1) is 11.6. The Morgan fingerprint density at radius 2 is 2.21 bits per heavy atom. The largest absolute Gasteiger partial charge is 0.444 e. The van der Waals surface area contributed by atoms with Crippen LogP contribution in [0.25, 0.3) is 0 Å². The fourth-order valence-electron chi connectivity index (χ4n) is 1.22. The SMILES string of the molecule is CC1C(Br)=CCN1C(=O)OC(C)(C)C. The summed E-state index contributed by atoms with van der Waals surface area (Å²) in [4.78, 5) is 13.4. The van der Waals surface area contributed by atoms with Crippen LogP contribution in [0.15, 0.2) is 10.6 Å². The van der Waals surface area contributed by atoms with Crippen LogP contribution in [0.5, 0.6) is 0 Å². The van der Waals surface area contributed by atoms with Crippen LogP contribution >= 0.6 is 15.9 Å². The van der Waals surface area contributed by atoms with Gasteiger partial charge in [-0.2, -0.15) is 0 Å². The molecule has 14 heavy (non-hydrogen) atoms. The number of halogens is 1. The van der Waals surface area contributed by atoms with E-state index < -0.39 is 5.60 Å². The van der Waals surface area contributed by atoms with Gasteiger partial charge in [-0.3, -0.25) is 4.90 Å². The molecule has 0 fully saturated rings. The quantitative estimate of drug-likeness (QED) is 0.671. The number of ether oxygens (including phenoxy) is 1. The summed E-state index contributed by atoms with van der Waals surface area (Å²) in [5.41, 5.74) is -0.425. The third-order valence-electron chi connectivity index (χ3n) is 1.98. The molecule has 1 aliphatic rings. The Morgan fingerprint density at radius 1 is 1.64 bits per heavy atom. The van der Waals surface area contributed by atoms with E-state index in [4.69, 9.17) is 4.74 Å². The summed E-state index contributed by atoms with van der Waals surface area (Å²) >= 11 is 3.40. The van der Waals surface area contributed by atoms with Gasteiger partial charge in [0.1, 0.15) is 5.60 Å². The maximum atomic E-state index is 11.7. The lowest BCUT2D eigenvalue weighted by Crippen LogP contribution is -2.39. The molecule has 0 aromatic heterocycles. The molecule has 0 aromatic carbocycles. The van der Waals surface area contributed by atoms with Gasteiger partial charge in [-0.15, -0.1) is 0 Å². The molecule has 1 unspecified atom stereocenters. The number of rotatable bonds is 0. The Kier molecular flexibility index (Phi) is 3.24. The molecule has 1 heterocycles. The Hall–Kier alpha value is -0.510. The first-order valence-corrected chi connectivity index (χ1v) is 5.46. The molecule has 1 rings (SSSR count). The average Bonchev–Trinajstić information content (AvgIpc) is 2.29. The minimum Gasteiger partial charge on any atom is -0.444 e. The second kappa shape index (κ2) is 3.93. The van der Waals surface area contributed by atoms with Gasteiger partial charge in [-0.1, -0.05) is 22.0 Å². The van der Waals surface area contributed by atoms with Crippen LogP contribution < -0.4 is 0 Å². The van der Waals surface area contributed by atoms with Gasteiger partial charge in [-0.25, -0.2) is 4.79 Å². The van der Waals surface area contributed by atoms with E-state index in [1.807, 2.05) is 33.8 Å². The van der Waals surface area contributed by atoms with Crippen LogP contribution in [-0.2, 0) is 4.74 Å². The van der Waals surface area contributed by atoms with Gasteiger partial charge in [0.05, 0.1) is 6.04 Å². The zero-order chi connectivity index (χ0) is 10.9. The Balaban J connectivity index is 2.57. The molecule has 0 aromatic rings. The van der Waals surface area contributed by atoms with Crippen molar-refractivity contribution >= 4 is 22.0 Å². The van der Waals surface area contributed by atoms with Crippen molar-refractivity contribution in [2.75, 3.05) is 6.54 Å². The molecule has 0 bridgehead atoms. The minimum absolute atomic E-state index is 0.0878. The molecule has 0 saturated heterocycles. The van der Waals surface area contributed by atoms with Crippen molar-refractivity contribution in [1.82, 2.24) is 4.90 Å². The Bertz CT molecular complexity index is 268. The van der Waals surface area contributed by atoms with E-state index in [2.05, 4.69) is 15.9 Å². The first-order chi connectivity index (χ1) is 6.31. The highest BCUT2D eigenvalue weighted by Gasteiger charge is 2.29. The molecule has 80 valence electrons. The summed E-state index contributed by atoms with van der Waals surface area (Å²) in [6.07, 6.45) is 1.73. The van der Waals surface area contributed by atoms with Crippen molar-refractivity contribution < 1.29 is 9.53 Å². The van der Waals surface area contributed by atoms with E-state index in [0.717, 1.165) is 4.48 Å². The highest BCUT2D eigenvalue weighted by molar-refractivity contribution is 9.11. The Morgan fingerprint density at radius 3 is 2.57 bits per heavy atom.